The van der Waals surface area contributed by atoms with E-state index in [1.54, 1.807) is 6.08 Å². The largest absolute Gasteiger partial charge is 0.462 e. The predicted octanol–water partition coefficient (Wildman–Crippen LogP) is 2.96. The molecule has 4 rings (SSSR count). The number of aliphatic hydroxyl groups is 1. The van der Waals surface area contributed by atoms with Crippen LogP contribution in [0.2, 0.25) is 0 Å². The van der Waals surface area contributed by atoms with E-state index < -0.39 is 17.6 Å². The Morgan fingerprint density at radius 2 is 1.76 bits per heavy atom. The number of hydrogen-bond acceptors (Lipinski definition) is 6. The first kappa shape index (κ1) is 20.6. The van der Waals surface area contributed by atoms with E-state index in [0.29, 0.717) is 12.8 Å². The van der Waals surface area contributed by atoms with E-state index in [2.05, 4.69) is 13.8 Å². The number of carbonyl (C=O) groups excluding carboxylic acids is 3. The Labute approximate surface area is 172 Å². The molecule has 0 heterocycles. The van der Waals surface area contributed by atoms with E-state index in [4.69, 9.17) is 9.47 Å². The van der Waals surface area contributed by atoms with E-state index in [1.165, 1.54) is 13.8 Å². The number of ketones is 1. The maximum Gasteiger partial charge on any atom is 0.302 e. The highest BCUT2D eigenvalue weighted by molar-refractivity contribution is 5.94. The molecule has 0 radical (unpaired) electrons. The van der Waals surface area contributed by atoms with Crippen molar-refractivity contribution in [1.82, 2.24) is 0 Å². The van der Waals surface area contributed by atoms with Crippen LogP contribution in [0.1, 0.15) is 66.2 Å². The predicted molar refractivity (Wildman–Crippen MR) is 105 cm³/mol. The Kier molecular flexibility index (Phi) is 4.92. The molecule has 0 bridgehead atoms. The summed E-state index contributed by atoms with van der Waals surface area (Å²) in [7, 11) is 0. The van der Waals surface area contributed by atoms with E-state index >= 15 is 0 Å². The van der Waals surface area contributed by atoms with Gasteiger partial charge in [-0.25, -0.2) is 0 Å². The first-order valence-corrected chi connectivity index (χ1v) is 10.8. The fourth-order valence-electron chi connectivity index (χ4n) is 7.00. The van der Waals surface area contributed by atoms with Crippen LogP contribution in [0.3, 0.4) is 0 Å². The van der Waals surface area contributed by atoms with Gasteiger partial charge in [0, 0.05) is 31.6 Å². The van der Waals surface area contributed by atoms with Crippen molar-refractivity contribution in [2.45, 2.75) is 84.5 Å². The Bertz CT molecular complexity index is 771. The maximum atomic E-state index is 13.3. The van der Waals surface area contributed by atoms with Gasteiger partial charge in [-0.05, 0) is 55.4 Å². The minimum absolute atomic E-state index is 0.00826. The van der Waals surface area contributed by atoms with Crippen LogP contribution in [0.15, 0.2) is 11.6 Å². The third-order valence-corrected chi connectivity index (χ3v) is 8.50. The quantitative estimate of drug-likeness (QED) is 0.712. The molecule has 0 aromatic heterocycles. The average molecular weight is 405 g/mol. The summed E-state index contributed by atoms with van der Waals surface area (Å²) in [5, 5.41) is 10.9. The zero-order chi connectivity index (χ0) is 21.1. The molecule has 0 saturated heterocycles. The Balaban J connectivity index is 1.64. The minimum atomic E-state index is -0.733. The molecule has 0 aromatic rings. The fourth-order valence-corrected chi connectivity index (χ4v) is 7.00. The summed E-state index contributed by atoms with van der Waals surface area (Å²) >= 11 is 0. The molecule has 1 N–H and O–H groups in total. The summed E-state index contributed by atoms with van der Waals surface area (Å²) in [6, 6.07) is 0. The lowest BCUT2D eigenvalue weighted by Gasteiger charge is -2.56. The highest BCUT2D eigenvalue weighted by Crippen LogP contribution is 2.64. The summed E-state index contributed by atoms with van der Waals surface area (Å²) in [4.78, 5) is 36.2. The summed E-state index contributed by atoms with van der Waals surface area (Å²) in [5.74, 6) is -0.464. The summed E-state index contributed by atoms with van der Waals surface area (Å²) < 4.78 is 10.8. The molecular formula is C23H32O6. The minimum Gasteiger partial charge on any atom is -0.462 e. The fraction of sp³-hybridized carbons (Fsp3) is 0.783. The van der Waals surface area contributed by atoms with Crippen LogP contribution in [-0.4, -0.2) is 41.1 Å². The van der Waals surface area contributed by atoms with Gasteiger partial charge in [0.15, 0.2) is 5.78 Å². The zero-order valence-electron chi connectivity index (χ0n) is 17.8. The second kappa shape index (κ2) is 6.93. The van der Waals surface area contributed by atoms with Gasteiger partial charge in [-0.3, -0.25) is 14.4 Å². The van der Waals surface area contributed by atoms with Gasteiger partial charge in [-0.15, -0.1) is 0 Å². The van der Waals surface area contributed by atoms with Crippen LogP contribution >= 0.6 is 0 Å². The number of hydrogen-bond donors (Lipinski definition) is 1. The van der Waals surface area contributed by atoms with Gasteiger partial charge in [-0.2, -0.15) is 0 Å². The van der Waals surface area contributed by atoms with Crippen molar-refractivity contribution in [3.63, 3.8) is 0 Å². The van der Waals surface area contributed by atoms with E-state index in [-0.39, 0.29) is 47.0 Å². The van der Waals surface area contributed by atoms with Crippen LogP contribution in [0, 0.1) is 28.6 Å². The van der Waals surface area contributed by atoms with Crippen LogP contribution in [0.25, 0.3) is 0 Å². The number of carbonyl (C=O) groups is 3. The first-order chi connectivity index (χ1) is 13.6. The molecular weight excluding hydrogens is 372 g/mol. The van der Waals surface area contributed by atoms with Crippen molar-refractivity contribution >= 4 is 17.7 Å². The second-order valence-electron chi connectivity index (χ2n) is 10.1. The molecule has 160 valence electrons. The molecule has 4 aliphatic rings. The van der Waals surface area contributed by atoms with Gasteiger partial charge in [0.2, 0.25) is 0 Å². The van der Waals surface area contributed by atoms with Crippen LogP contribution in [0.4, 0.5) is 0 Å². The highest BCUT2D eigenvalue weighted by Gasteiger charge is 2.63. The van der Waals surface area contributed by atoms with Gasteiger partial charge in [0.05, 0.1) is 6.10 Å². The highest BCUT2D eigenvalue weighted by atomic mass is 16.6. The van der Waals surface area contributed by atoms with Crippen molar-refractivity contribution in [3.05, 3.63) is 11.6 Å². The molecule has 3 fully saturated rings. The SMILES string of the molecule is CC(=O)OC1CC[C@@]2(C)C(=CC(=O)[C@@H]3[C@H]2CC[C@]2(C)C(O)C(OC(C)=O)C[C@@H]32)C1. The van der Waals surface area contributed by atoms with Crippen molar-refractivity contribution < 1.29 is 29.0 Å². The van der Waals surface area contributed by atoms with E-state index in [1.807, 2.05) is 0 Å². The summed E-state index contributed by atoms with van der Waals surface area (Å²) in [6.07, 6.45) is 4.96. The smallest absolute Gasteiger partial charge is 0.302 e. The van der Waals surface area contributed by atoms with Crippen LogP contribution in [-0.2, 0) is 23.9 Å². The van der Waals surface area contributed by atoms with Crippen molar-refractivity contribution in [3.8, 4) is 0 Å². The molecule has 0 aromatic carbocycles. The van der Waals surface area contributed by atoms with E-state index in [9.17, 15) is 19.5 Å². The summed E-state index contributed by atoms with van der Waals surface area (Å²) in [5.41, 5.74) is 0.620. The molecule has 6 heteroatoms. The third kappa shape index (κ3) is 3.15. The van der Waals surface area contributed by atoms with Crippen molar-refractivity contribution in [1.29, 1.82) is 0 Å². The Hall–Kier alpha value is -1.69. The van der Waals surface area contributed by atoms with Gasteiger partial charge in [0.1, 0.15) is 12.2 Å². The second-order valence-corrected chi connectivity index (χ2v) is 10.1. The molecule has 3 unspecified atom stereocenters. The van der Waals surface area contributed by atoms with Crippen LogP contribution in [0.5, 0.6) is 0 Å². The number of esters is 2. The normalized spacial score (nSPS) is 46.1. The van der Waals surface area contributed by atoms with Gasteiger partial charge < -0.3 is 14.6 Å². The summed E-state index contributed by atoms with van der Waals surface area (Å²) in [6.45, 7) is 7.10. The van der Waals surface area contributed by atoms with Crippen LogP contribution < -0.4 is 0 Å². The lowest BCUT2D eigenvalue weighted by molar-refractivity contribution is -0.154. The van der Waals surface area contributed by atoms with Crippen molar-refractivity contribution in [2.75, 3.05) is 0 Å². The number of rotatable bonds is 2. The molecule has 0 amide bonds. The lowest BCUT2D eigenvalue weighted by atomic mass is 9.47. The standard InChI is InChI=1S/C23H32O6/c1-12(24)28-15-5-7-22(3)14(9-15)10-18(26)20-16(22)6-8-23(4)17(20)11-19(21(23)27)29-13(2)25/h10,15-17,19-21,27H,5-9,11H2,1-4H3/t15?,16-,17+,19?,20-,21?,22+,23+/m1/s1. The molecule has 4 aliphatic carbocycles. The monoisotopic (exact) mass is 404 g/mol. The molecule has 29 heavy (non-hydrogen) atoms. The Morgan fingerprint density at radius 1 is 1.07 bits per heavy atom. The average Bonchev–Trinajstić information content (AvgIpc) is 2.87. The lowest BCUT2D eigenvalue weighted by Crippen LogP contribution is -2.54. The molecule has 0 aliphatic heterocycles. The topological polar surface area (TPSA) is 89.9 Å². The first-order valence-electron chi connectivity index (χ1n) is 10.8. The third-order valence-electron chi connectivity index (χ3n) is 8.50. The van der Waals surface area contributed by atoms with Crippen molar-refractivity contribution in [2.24, 2.45) is 28.6 Å². The Morgan fingerprint density at radius 3 is 2.41 bits per heavy atom. The molecule has 6 nitrogen and oxygen atoms in total. The molecule has 8 atom stereocenters. The number of ether oxygens (including phenoxy) is 2. The number of fused-ring (bicyclic) bond motifs is 5. The van der Waals surface area contributed by atoms with Gasteiger partial charge in [0.25, 0.3) is 0 Å². The zero-order valence-corrected chi connectivity index (χ0v) is 17.8. The number of allylic oxidation sites excluding steroid dienone is 1. The van der Waals surface area contributed by atoms with Gasteiger partial charge in [-0.1, -0.05) is 19.4 Å². The van der Waals surface area contributed by atoms with E-state index in [0.717, 1.165) is 31.3 Å². The molecule has 3 saturated carbocycles. The number of aliphatic hydroxyl groups excluding tert-OH is 1. The van der Waals surface area contributed by atoms with Gasteiger partial charge >= 0.3 is 11.9 Å². The maximum absolute atomic E-state index is 13.3. The molecule has 0 spiro atoms.